The lowest BCUT2D eigenvalue weighted by atomic mass is 10.1. The van der Waals surface area contributed by atoms with Gasteiger partial charge in [-0.15, -0.1) is 23.7 Å². The predicted octanol–water partition coefficient (Wildman–Crippen LogP) is 3.37. The third kappa shape index (κ3) is 9.34. The maximum absolute atomic E-state index is 11.6. The summed E-state index contributed by atoms with van der Waals surface area (Å²) in [6, 6.07) is 4.23. The molecule has 0 aromatic carbocycles. The lowest BCUT2D eigenvalue weighted by Crippen LogP contribution is -2.28. The first-order valence-corrected chi connectivity index (χ1v) is 8.09. The predicted molar refractivity (Wildman–Crippen MR) is 89.6 cm³/mol. The van der Waals surface area contributed by atoms with E-state index in [2.05, 4.69) is 29.8 Å². The third-order valence-electron chi connectivity index (χ3n) is 3.14. The van der Waals surface area contributed by atoms with E-state index >= 15 is 0 Å². The van der Waals surface area contributed by atoms with Crippen molar-refractivity contribution in [2.45, 2.75) is 45.4 Å². The molecule has 0 radical (unpaired) electrons. The molecule has 0 saturated heterocycles. The first kappa shape index (κ1) is 19.4. The summed E-state index contributed by atoms with van der Waals surface area (Å²) >= 11 is 1.78. The Balaban J connectivity index is 0.00000361. The number of amides is 1. The lowest BCUT2D eigenvalue weighted by Gasteiger charge is -2.11. The van der Waals surface area contributed by atoms with Crippen LogP contribution in [0.4, 0.5) is 0 Å². The molecular formula is C15H27ClN2OS. The largest absolute Gasteiger partial charge is 0.356 e. The quantitative estimate of drug-likeness (QED) is 0.650. The molecule has 1 rings (SSSR count). The average Bonchev–Trinajstić information content (AvgIpc) is 2.89. The van der Waals surface area contributed by atoms with Crippen LogP contribution in [0.15, 0.2) is 17.5 Å². The summed E-state index contributed by atoms with van der Waals surface area (Å²) in [7, 11) is 0. The van der Waals surface area contributed by atoms with Crippen molar-refractivity contribution in [3.63, 3.8) is 0 Å². The van der Waals surface area contributed by atoms with Gasteiger partial charge < -0.3 is 11.1 Å². The molecule has 0 bridgehead atoms. The summed E-state index contributed by atoms with van der Waals surface area (Å²) in [4.78, 5) is 13.0. The summed E-state index contributed by atoms with van der Waals surface area (Å²) in [5, 5.41) is 5.13. The molecule has 1 atom stereocenters. The van der Waals surface area contributed by atoms with Crippen molar-refractivity contribution in [3.05, 3.63) is 22.4 Å². The van der Waals surface area contributed by atoms with E-state index in [1.54, 1.807) is 11.3 Å². The smallest absolute Gasteiger partial charge is 0.220 e. The maximum Gasteiger partial charge on any atom is 0.220 e. The van der Waals surface area contributed by atoms with Crippen LogP contribution in [0.2, 0.25) is 0 Å². The van der Waals surface area contributed by atoms with Crippen LogP contribution in [0, 0.1) is 5.92 Å². The van der Waals surface area contributed by atoms with Gasteiger partial charge in [-0.05, 0) is 43.2 Å². The van der Waals surface area contributed by atoms with E-state index < -0.39 is 0 Å². The zero-order valence-corrected chi connectivity index (χ0v) is 13.9. The van der Waals surface area contributed by atoms with Gasteiger partial charge in [-0.1, -0.05) is 25.8 Å². The first-order chi connectivity index (χ1) is 9.22. The third-order valence-corrected chi connectivity index (χ3v) is 4.03. The standard InChI is InChI=1S/C15H26N2OS.ClH/c1-13(11-14-7-6-10-19-14)12-17-15(18)8-4-2-3-5-9-16;/h6-7,10,13H,2-5,8-9,11-12,16H2,1H3,(H,17,18);1H. The van der Waals surface area contributed by atoms with Crippen molar-refractivity contribution in [2.24, 2.45) is 11.7 Å². The fourth-order valence-electron chi connectivity index (χ4n) is 2.00. The monoisotopic (exact) mass is 318 g/mol. The Morgan fingerprint density at radius 3 is 2.75 bits per heavy atom. The molecule has 0 spiro atoms. The number of carbonyl (C=O) groups excluding carboxylic acids is 1. The van der Waals surface area contributed by atoms with Gasteiger partial charge in [0, 0.05) is 17.8 Å². The molecule has 0 aliphatic heterocycles. The van der Waals surface area contributed by atoms with Gasteiger partial charge in [0.15, 0.2) is 0 Å². The van der Waals surface area contributed by atoms with Gasteiger partial charge in [0.2, 0.25) is 5.91 Å². The highest BCUT2D eigenvalue weighted by Gasteiger charge is 2.07. The zero-order valence-electron chi connectivity index (χ0n) is 12.3. The molecule has 1 aromatic rings. The fraction of sp³-hybridized carbons (Fsp3) is 0.667. The van der Waals surface area contributed by atoms with Crippen molar-refractivity contribution in [1.82, 2.24) is 5.32 Å². The number of rotatable bonds is 10. The minimum absolute atomic E-state index is 0. The summed E-state index contributed by atoms with van der Waals surface area (Å²) in [6.07, 6.45) is 5.99. The van der Waals surface area contributed by atoms with Crippen LogP contribution in [0.3, 0.4) is 0 Å². The van der Waals surface area contributed by atoms with Crippen LogP contribution in [0.5, 0.6) is 0 Å². The molecule has 116 valence electrons. The molecule has 1 heterocycles. The van der Waals surface area contributed by atoms with E-state index in [1.165, 1.54) is 4.88 Å². The number of nitrogens with two attached hydrogens (primary N) is 1. The number of halogens is 1. The molecule has 1 aromatic heterocycles. The van der Waals surface area contributed by atoms with Gasteiger partial charge in [0.1, 0.15) is 0 Å². The van der Waals surface area contributed by atoms with Crippen LogP contribution in [-0.2, 0) is 11.2 Å². The Labute approximate surface area is 132 Å². The molecule has 0 fully saturated rings. The number of hydrogen-bond acceptors (Lipinski definition) is 3. The molecule has 0 aliphatic carbocycles. The maximum atomic E-state index is 11.6. The Bertz CT molecular complexity index is 344. The Morgan fingerprint density at radius 2 is 2.10 bits per heavy atom. The molecule has 20 heavy (non-hydrogen) atoms. The molecular weight excluding hydrogens is 292 g/mol. The highest BCUT2D eigenvalue weighted by atomic mass is 35.5. The summed E-state index contributed by atoms with van der Waals surface area (Å²) < 4.78 is 0. The van der Waals surface area contributed by atoms with E-state index in [0.717, 1.165) is 45.2 Å². The molecule has 5 heteroatoms. The second-order valence-corrected chi connectivity index (χ2v) is 6.18. The van der Waals surface area contributed by atoms with E-state index in [1.807, 2.05) is 0 Å². The average molecular weight is 319 g/mol. The minimum atomic E-state index is 0. The molecule has 0 aliphatic rings. The number of hydrogen-bond donors (Lipinski definition) is 2. The van der Waals surface area contributed by atoms with Crippen molar-refractivity contribution < 1.29 is 4.79 Å². The summed E-state index contributed by atoms with van der Waals surface area (Å²) in [5.41, 5.74) is 5.43. The van der Waals surface area contributed by atoms with Crippen LogP contribution >= 0.6 is 23.7 Å². The highest BCUT2D eigenvalue weighted by molar-refractivity contribution is 7.09. The van der Waals surface area contributed by atoms with E-state index in [9.17, 15) is 4.79 Å². The number of thiophene rings is 1. The Hall–Kier alpha value is -0.580. The van der Waals surface area contributed by atoms with Gasteiger partial charge in [-0.2, -0.15) is 0 Å². The Kier molecular flexibility index (Phi) is 11.8. The molecule has 0 saturated carbocycles. The second kappa shape index (κ2) is 12.2. The van der Waals surface area contributed by atoms with Crippen LogP contribution in [0.25, 0.3) is 0 Å². The molecule has 3 N–H and O–H groups in total. The number of unbranched alkanes of at least 4 members (excludes halogenated alkanes) is 3. The molecule has 1 unspecified atom stereocenters. The summed E-state index contributed by atoms with van der Waals surface area (Å²) in [5.74, 6) is 0.686. The van der Waals surface area contributed by atoms with Crippen LogP contribution < -0.4 is 11.1 Å². The van der Waals surface area contributed by atoms with Gasteiger partial charge in [0.05, 0.1) is 0 Å². The number of nitrogens with one attached hydrogen (secondary N) is 1. The van der Waals surface area contributed by atoms with Crippen molar-refractivity contribution >= 4 is 29.7 Å². The van der Waals surface area contributed by atoms with Crippen molar-refractivity contribution in [1.29, 1.82) is 0 Å². The first-order valence-electron chi connectivity index (χ1n) is 7.21. The van der Waals surface area contributed by atoms with Gasteiger partial charge >= 0.3 is 0 Å². The molecule has 3 nitrogen and oxygen atoms in total. The highest BCUT2D eigenvalue weighted by Crippen LogP contribution is 2.13. The minimum Gasteiger partial charge on any atom is -0.356 e. The van der Waals surface area contributed by atoms with Gasteiger partial charge in [0.25, 0.3) is 0 Å². The topological polar surface area (TPSA) is 55.1 Å². The van der Waals surface area contributed by atoms with Crippen LogP contribution in [-0.4, -0.2) is 19.0 Å². The lowest BCUT2D eigenvalue weighted by molar-refractivity contribution is -0.121. The zero-order chi connectivity index (χ0) is 13.9. The normalized spacial score (nSPS) is 11.7. The van der Waals surface area contributed by atoms with Gasteiger partial charge in [-0.25, -0.2) is 0 Å². The van der Waals surface area contributed by atoms with Gasteiger partial charge in [-0.3, -0.25) is 4.79 Å². The molecule has 1 amide bonds. The van der Waals surface area contributed by atoms with E-state index in [-0.39, 0.29) is 18.3 Å². The van der Waals surface area contributed by atoms with Crippen molar-refractivity contribution in [3.8, 4) is 0 Å². The number of carbonyl (C=O) groups is 1. The Morgan fingerprint density at radius 1 is 1.35 bits per heavy atom. The van der Waals surface area contributed by atoms with E-state index in [4.69, 9.17) is 5.73 Å². The second-order valence-electron chi connectivity index (χ2n) is 5.15. The van der Waals surface area contributed by atoms with E-state index in [0.29, 0.717) is 12.3 Å². The summed E-state index contributed by atoms with van der Waals surface area (Å²) in [6.45, 7) is 3.72. The van der Waals surface area contributed by atoms with Crippen LogP contribution in [0.1, 0.15) is 43.9 Å². The SMILES string of the molecule is CC(CNC(=O)CCCCCCN)Cc1cccs1.Cl. The van der Waals surface area contributed by atoms with Crippen molar-refractivity contribution in [2.75, 3.05) is 13.1 Å². The fourth-order valence-corrected chi connectivity index (χ4v) is 2.87.